The second-order valence-corrected chi connectivity index (χ2v) is 9.56. The molecule has 1 fully saturated rings. The van der Waals surface area contributed by atoms with Gasteiger partial charge in [-0.2, -0.15) is 0 Å². The summed E-state index contributed by atoms with van der Waals surface area (Å²) in [5.74, 6) is 1.49. The SMILES string of the molecule is CCOC1CN(c2nccs2)CC1Nc1c(CC)nc(-c2cnc(N(C)C)cc2C)n(C)c1=O. The molecular formula is C24H33N7O2S. The average molecular weight is 484 g/mol. The summed E-state index contributed by atoms with van der Waals surface area (Å²) < 4.78 is 7.65. The molecule has 0 aromatic carbocycles. The predicted octanol–water partition coefficient (Wildman–Crippen LogP) is 2.94. The van der Waals surface area contributed by atoms with Gasteiger partial charge < -0.3 is 19.9 Å². The maximum absolute atomic E-state index is 13.6. The number of thiazole rings is 1. The summed E-state index contributed by atoms with van der Waals surface area (Å²) in [5, 5.41) is 6.45. The van der Waals surface area contributed by atoms with E-state index in [1.807, 2.05) is 57.4 Å². The van der Waals surface area contributed by atoms with Crippen LogP contribution in [0.15, 0.2) is 28.6 Å². The zero-order valence-electron chi connectivity index (χ0n) is 20.7. The highest BCUT2D eigenvalue weighted by Gasteiger charge is 2.35. The van der Waals surface area contributed by atoms with Crippen LogP contribution in [0.2, 0.25) is 0 Å². The fraction of sp³-hybridized carbons (Fsp3) is 0.500. The largest absolute Gasteiger partial charge is 0.374 e. The normalized spacial score (nSPS) is 17.9. The van der Waals surface area contributed by atoms with Crippen molar-refractivity contribution in [2.45, 2.75) is 39.3 Å². The lowest BCUT2D eigenvalue weighted by Crippen LogP contribution is -2.38. The Balaban J connectivity index is 1.68. The van der Waals surface area contributed by atoms with E-state index in [-0.39, 0.29) is 17.7 Å². The van der Waals surface area contributed by atoms with Crippen molar-refractivity contribution in [2.75, 3.05) is 48.9 Å². The van der Waals surface area contributed by atoms with Crippen molar-refractivity contribution in [2.24, 2.45) is 7.05 Å². The molecule has 2 atom stereocenters. The number of pyridine rings is 1. The maximum Gasteiger partial charge on any atom is 0.277 e. The molecule has 1 saturated heterocycles. The Kier molecular flexibility index (Phi) is 7.18. The Morgan fingerprint density at radius 3 is 2.68 bits per heavy atom. The molecule has 1 N–H and O–H groups in total. The predicted molar refractivity (Wildman–Crippen MR) is 138 cm³/mol. The van der Waals surface area contributed by atoms with Crippen LogP contribution in [0, 0.1) is 6.92 Å². The zero-order valence-corrected chi connectivity index (χ0v) is 21.5. The first kappa shape index (κ1) is 24.2. The van der Waals surface area contributed by atoms with Gasteiger partial charge in [0.2, 0.25) is 0 Å². The molecule has 0 saturated carbocycles. The molecule has 0 aliphatic carbocycles. The molecule has 0 amide bonds. The summed E-state index contributed by atoms with van der Waals surface area (Å²) in [7, 11) is 5.68. The van der Waals surface area contributed by atoms with E-state index in [2.05, 4.69) is 20.2 Å². The molecule has 4 rings (SSSR count). The van der Waals surface area contributed by atoms with E-state index < -0.39 is 0 Å². The van der Waals surface area contributed by atoms with Gasteiger partial charge >= 0.3 is 0 Å². The summed E-state index contributed by atoms with van der Waals surface area (Å²) in [6, 6.07) is 1.97. The Morgan fingerprint density at radius 2 is 2.06 bits per heavy atom. The molecule has 1 aliphatic rings. The number of aryl methyl sites for hydroxylation is 2. The molecule has 4 heterocycles. The van der Waals surface area contributed by atoms with Crippen LogP contribution in [-0.2, 0) is 18.2 Å². The van der Waals surface area contributed by atoms with Crippen molar-refractivity contribution < 1.29 is 4.74 Å². The van der Waals surface area contributed by atoms with Gasteiger partial charge in [-0.05, 0) is 31.9 Å². The molecule has 3 aromatic rings. The smallest absolute Gasteiger partial charge is 0.277 e. The van der Waals surface area contributed by atoms with Gasteiger partial charge in [0.15, 0.2) is 5.13 Å². The minimum absolute atomic E-state index is 0.0442. The first-order valence-electron chi connectivity index (χ1n) is 11.6. The Hall–Kier alpha value is -2.98. The first-order chi connectivity index (χ1) is 16.3. The molecule has 1 aliphatic heterocycles. The monoisotopic (exact) mass is 483 g/mol. The second-order valence-electron chi connectivity index (χ2n) is 8.69. The lowest BCUT2D eigenvalue weighted by atomic mass is 10.1. The number of nitrogens with one attached hydrogen (secondary N) is 1. The number of ether oxygens (including phenoxy) is 1. The summed E-state index contributed by atoms with van der Waals surface area (Å²) in [6.45, 7) is 8.09. The first-order valence-corrected chi connectivity index (χ1v) is 12.5. The molecule has 0 radical (unpaired) electrons. The lowest BCUT2D eigenvalue weighted by molar-refractivity contribution is 0.0720. The van der Waals surface area contributed by atoms with Gasteiger partial charge in [-0.3, -0.25) is 9.36 Å². The average Bonchev–Trinajstić information content (AvgIpc) is 3.48. The van der Waals surface area contributed by atoms with Crippen molar-refractivity contribution in [1.29, 1.82) is 0 Å². The standard InChI is InChI=1S/C24H33N7O2S/c1-7-17-21(27-18-13-31(14-19(18)33-8-2)24-25-9-10-34-24)23(32)30(6)22(28-17)16-12-26-20(29(4)5)11-15(16)3/h9-12,18-19,27H,7-8,13-14H2,1-6H3. The van der Waals surface area contributed by atoms with Gasteiger partial charge in [0, 0.05) is 64.2 Å². The molecule has 3 aromatic heterocycles. The number of rotatable bonds is 8. The van der Waals surface area contributed by atoms with Gasteiger partial charge in [0.1, 0.15) is 17.3 Å². The van der Waals surface area contributed by atoms with E-state index in [9.17, 15) is 4.79 Å². The van der Waals surface area contributed by atoms with Crippen molar-refractivity contribution in [3.05, 3.63) is 45.5 Å². The fourth-order valence-corrected chi connectivity index (χ4v) is 4.98. The zero-order chi connectivity index (χ0) is 24.4. The molecule has 10 heteroatoms. The number of hydrogen-bond acceptors (Lipinski definition) is 9. The van der Waals surface area contributed by atoms with Crippen LogP contribution in [0.4, 0.5) is 16.6 Å². The van der Waals surface area contributed by atoms with Crippen LogP contribution in [0.3, 0.4) is 0 Å². The van der Waals surface area contributed by atoms with Gasteiger partial charge in [0.05, 0.1) is 17.8 Å². The molecule has 34 heavy (non-hydrogen) atoms. The van der Waals surface area contributed by atoms with Crippen molar-refractivity contribution in [3.8, 4) is 11.4 Å². The molecule has 0 spiro atoms. The van der Waals surface area contributed by atoms with Crippen LogP contribution >= 0.6 is 11.3 Å². The second kappa shape index (κ2) is 10.1. The van der Waals surface area contributed by atoms with Gasteiger partial charge in [0.25, 0.3) is 5.56 Å². The third kappa shape index (κ3) is 4.65. The van der Waals surface area contributed by atoms with Crippen LogP contribution in [0.25, 0.3) is 11.4 Å². The summed E-state index contributed by atoms with van der Waals surface area (Å²) >= 11 is 1.61. The highest BCUT2D eigenvalue weighted by molar-refractivity contribution is 7.13. The third-order valence-electron chi connectivity index (χ3n) is 6.16. The van der Waals surface area contributed by atoms with Crippen LogP contribution in [-0.4, -0.2) is 65.5 Å². The number of anilines is 3. The Bertz CT molecular complexity index is 1190. The number of aromatic nitrogens is 4. The van der Waals surface area contributed by atoms with E-state index in [1.165, 1.54) is 0 Å². The van der Waals surface area contributed by atoms with E-state index in [0.717, 1.165) is 34.3 Å². The van der Waals surface area contributed by atoms with E-state index >= 15 is 0 Å². The molecule has 9 nitrogen and oxygen atoms in total. The summed E-state index contributed by atoms with van der Waals surface area (Å²) in [6.07, 6.45) is 4.20. The topological polar surface area (TPSA) is 88.4 Å². The third-order valence-corrected chi connectivity index (χ3v) is 6.99. The molecule has 182 valence electrons. The van der Waals surface area contributed by atoms with Crippen molar-refractivity contribution in [1.82, 2.24) is 19.5 Å². The lowest BCUT2D eigenvalue weighted by Gasteiger charge is -2.23. The Morgan fingerprint density at radius 1 is 1.26 bits per heavy atom. The highest BCUT2D eigenvalue weighted by Crippen LogP contribution is 2.28. The highest BCUT2D eigenvalue weighted by atomic mass is 32.1. The molecule has 2 unspecified atom stereocenters. The maximum atomic E-state index is 13.6. The van der Waals surface area contributed by atoms with Crippen LogP contribution in [0.5, 0.6) is 0 Å². The van der Waals surface area contributed by atoms with Gasteiger partial charge in [-0.1, -0.05) is 6.92 Å². The quantitative estimate of drug-likeness (QED) is 0.523. The van der Waals surface area contributed by atoms with E-state index in [0.29, 0.717) is 31.1 Å². The van der Waals surface area contributed by atoms with Gasteiger partial charge in [-0.15, -0.1) is 11.3 Å². The van der Waals surface area contributed by atoms with Crippen LogP contribution in [0.1, 0.15) is 25.1 Å². The van der Waals surface area contributed by atoms with Crippen LogP contribution < -0.4 is 20.7 Å². The minimum atomic E-state index is -0.0964. The van der Waals surface area contributed by atoms with Gasteiger partial charge in [-0.25, -0.2) is 15.0 Å². The summed E-state index contributed by atoms with van der Waals surface area (Å²) in [5.41, 5.74) is 3.07. The molecule has 0 bridgehead atoms. The van der Waals surface area contributed by atoms with E-state index in [4.69, 9.17) is 9.72 Å². The van der Waals surface area contributed by atoms with Crippen molar-refractivity contribution in [3.63, 3.8) is 0 Å². The Labute approximate surface area is 204 Å². The molecular weight excluding hydrogens is 450 g/mol. The fourth-order valence-electron chi connectivity index (χ4n) is 4.32. The van der Waals surface area contributed by atoms with E-state index in [1.54, 1.807) is 29.1 Å². The summed E-state index contributed by atoms with van der Waals surface area (Å²) in [4.78, 5) is 31.6. The number of hydrogen-bond donors (Lipinski definition) is 1. The number of nitrogens with zero attached hydrogens (tertiary/aromatic N) is 6. The minimum Gasteiger partial charge on any atom is -0.374 e. The van der Waals surface area contributed by atoms with Crippen molar-refractivity contribution >= 4 is 28.0 Å².